The first-order valence-corrected chi connectivity index (χ1v) is 15.9. The van der Waals surface area contributed by atoms with Gasteiger partial charge < -0.3 is 29.5 Å². The number of halogens is 3. The number of likely N-dealkylation sites (tertiary alicyclic amines) is 1. The van der Waals surface area contributed by atoms with Gasteiger partial charge in [-0.15, -0.1) is 0 Å². The average molecular weight is 656 g/mol. The predicted octanol–water partition coefficient (Wildman–Crippen LogP) is 4.53. The van der Waals surface area contributed by atoms with Gasteiger partial charge in [0.2, 0.25) is 5.88 Å². The number of alkyl halides is 3. The third-order valence-corrected chi connectivity index (χ3v) is 8.36. The molecule has 11 nitrogen and oxygen atoms in total. The summed E-state index contributed by atoms with van der Waals surface area (Å²) < 4.78 is 53.2. The van der Waals surface area contributed by atoms with Crippen LogP contribution in [-0.2, 0) is 6.18 Å². The second-order valence-corrected chi connectivity index (χ2v) is 11.6. The molecule has 2 atom stereocenters. The maximum atomic E-state index is 14.0. The Morgan fingerprint density at radius 1 is 1.02 bits per heavy atom. The van der Waals surface area contributed by atoms with Crippen molar-refractivity contribution < 1.29 is 32.2 Å². The number of amides is 2. The van der Waals surface area contributed by atoms with Crippen LogP contribution in [0.2, 0.25) is 0 Å². The van der Waals surface area contributed by atoms with Crippen LogP contribution in [0, 0.1) is 0 Å². The van der Waals surface area contributed by atoms with E-state index in [4.69, 9.17) is 14.5 Å². The molecule has 252 valence electrons. The van der Waals surface area contributed by atoms with E-state index in [1.54, 1.807) is 31.5 Å². The highest BCUT2D eigenvalue weighted by Gasteiger charge is 2.40. The molecule has 0 spiro atoms. The summed E-state index contributed by atoms with van der Waals surface area (Å²) in [6, 6.07) is 7.44. The van der Waals surface area contributed by atoms with Crippen LogP contribution < -0.4 is 19.7 Å². The maximum Gasteiger partial charge on any atom is 0.434 e. The molecule has 5 heterocycles. The fraction of sp³-hybridized carbons (Fsp3) is 0.485. The number of ether oxygens (including phenoxy) is 2. The zero-order valence-electron chi connectivity index (χ0n) is 27.0. The molecule has 2 amide bonds. The topological polar surface area (TPSA) is 113 Å². The SMILES string of the molecule is CCOc1ccc(C(=O)N2CCN(c3cc(OCC)c(-c4cccnc4)nc3C(=O)N[C@@H]3CCN(C)C3)[C@H](CC)C2)c(C(F)(F)F)n1. The third kappa shape index (κ3) is 7.58. The van der Waals surface area contributed by atoms with E-state index in [0.717, 1.165) is 19.0 Å². The Labute approximate surface area is 272 Å². The van der Waals surface area contributed by atoms with Crippen LogP contribution >= 0.6 is 0 Å². The molecule has 2 fully saturated rings. The lowest BCUT2D eigenvalue weighted by molar-refractivity contribution is -0.141. The molecule has 3 aromatic heterocycles. The summed E-state index contributed by atoms with van der Waals surface area (Å²) in [6.45, 7) is 7.99. The molecule has 5 rings (SSSR count). The van der Waals surface area contributed by atoms with E-state index in [1.807, 2.05) is 31.9 Å². The smallest absolute Gasteiger partial charge is 0.434 e. The van der Waals surface area contributed by atoms with Crippen LogP contribution in [0.15, 0.2) is 42.7 Å². The molecule has 1 N–H and O–H groups in total. The zero-order chi connectivity index (χ0) is 33.7. The Hall–Kier alpha value is -4.46. The van der Waals surface area contributed by atoms with Crippen molar-refractivity contribution in [3.05, 3.63) is 59.7 Å². The minimum absolute atomic E-state index is 0.0439. The van der Waals surface area contributed by atoms with Crippen molar-refractivity contribution in [3.63, 3.8) is 0 Å². The lowest BCUT2D eigenvalue weighted by Crippen LogP contribution is -2.55. The van der Waals surface area contributed by atoms with Crippen LogP contribution in [0.1, 0.15) is 60.2 Å². The van der Waals surface area contributed by atoms with Gasteiger partial charge in [0.25, 0.3) is 11.8 Å². The predicted molar refractivity (Wildman–Crippen MR) is 170 cm³/mol. The van der Waals surface area contributed by atoms with Gasteiger partial charge in [-0.1, -0.05) is 6.92 Å². The molecule has 0 aromatic carbocycles. The van der Waals surface area contributed by atoms with Crippen LogP contribution in [0.3, 0.4) is 0 Å². The molecule has 0 saturated carbocycles. The van der Waals surface area contributed by atoms with Crippen molar-refractivity contribution in [1.82, 2.24) is 30.1 Å². The number of anilines is 1. The Balaban J connectivity index is 1.49. The number of nitrogens with one attached hydrogen (secondary N) is 1. The van der Waals surface area contributed by atoms with Crippen molar-refractivity contribution in [2.45, 2.75) is 51.9 Å². The van der Waals surface area contributed by atoms with Crippen LogP contribution in [0.5, 0.6) is 11.6 Å². The molecule has 3 aromatic rings. The Morgan fingerprint density at radius 2 is 1.81 bits per heavy atom. The van der Waals surface area contributed by atoms with E-state index in [2.05, 4.69) is 20.2 Å². The van der Waals surface area contributed by atoms with Gasteiger partial charge in [-0.05, 0) is 58.5 Å². The second-order valence-electron chi connectivity index (χ2n) is 11.6. The molecule has 0 unspecified atom stereocenters. The van der Waals surface area contributed by atoms with Crippen molar-refractivity contribution in [3.8, 4) is 22.9 Å². The maximum absolute atomic E-state index is 14.0. The standard InChI is InChI=1S/C33H40F3N7O4/c1-5-23-20-42(32(45)24-10-11-27(47-7-3)39-30(24)33(34,35)36)15-16-43(23)25-17-26(46-6-2)28(21-9-8-13-37-18-21)40-29(25)31(44)38-22-12-14-41(4)19-22/h8-11,13,17-18,22-23H,5-7,12,14-16,19-20H2,1-4H3,(H,38,44)/t22-,23-/m1/s1. The van der Waals surface area contributed by atoms with Gasteiger partial charge in [-0.3, -0.25) is 14.6 Å². The lowest BCUT2D eigenvalue weighted by Gasteiger charge is -2.43. The fourth-order valence-electron chi connectivity index (χ4n) is 6.09. The van der Waals surface area contributed by atoms with E-state index < -0.39 is 23.3 Å². The van der Waals surface area contributed by atoms with Gasteiger partial charge in [-0.2, -0.15) is 13.2 Å². The van der Waals surface area contributed by atoms with Crippen molar-refractivity contribution in [1.29, 1.82) is 0 Å². The first-order chi connectivity index (χ1) is 22.5. The molecule has 14 heteroatoms. The number of carbonyl (C=O) groups is 2. The van der Waals surface area contributed by atoms with Crippen LogP contribution in [-0.4, -0.2) is 102 Å². The first-order valence-electron chi connectivity index (χ1n) is 15.9. The molecular weight excluding hydrogens is 615 g/mol. The Bertz CT molecular complexity index is 1570. The summed E-state index contributed by atoms with van der Waals surface area (Å²) in [6.07, 6.45) is -0.195. The number of hydrogen-bond acceptors (Lipinski definition) is 9. The normalized spacial score (nSPS) is 18.7. The van der Waals surface area contributed by atoms with Gasteiger partial charge in [-0.25, -0.2) is 9.97 Å². The zero-order valence-corrected chi connectivity index (χ0v) is 27.0. The van der Waals surface area contributed by atoms with Crippen molar-refractivity contribution in [2.24, 2.45) is 0 Å². The molecule has 0 bridgehead atoms. The molecule has 2 aliphatic rings. The molecule has 2 aliphatic heterocycles. The number of aromatic nitrogens is 3. The summed E-state index contributed by atoms with van der Waals surface area (Å²) in [4.78, 5) is 45.8. The van der Waals surface area contributed by atoms with Crippen molar-refractivity contribution >= 4 is 17.5 Å². The number of rotatable bonds is 10. The van der Waals surface area contributed by atoms with Gasteiger partial charge in [0.05, 0.1) is 24.5 Å². The summed E-state index contributed by atoms with van der Waals surface area (Å²) in [5.41, 5.74) is 0.0766. The summed E-state index contributed by atoms with van der Waals surface area (Å²) in [7, 11) is 2.00. The van der Waals surface area contributed by atoms with E-state index in [0.29, 0.717) is 42.3 Å². The van der Waals surface area contributed by atoms with E-state index in [-0.39, 0.29) is 55.8 Å². The minimum Gasteiger partial charge on any atom is -0.492 e. The second kappa shape index (κ2) is 14.5. The van der Waals surface area contributed by atoms with E-state index in [9.17, 15) is 22.8 Å². The van der Waals surface area contributed by atoms with E-state index in [1.165, 1.54) is 11.0 Å². The average Bonchev–Trinajstić information content (AvgIpc) is 3.48. The highest BCUT2D eigenvalue weighted by atomic mass is 19.4. The number of hydrogen-bond donors (Lipinski definition) is 1. The summed E-state index contributed by atoms with van der Waals surface area (Å²) in [5.74, 6) is -0.835. The van der Waals surface area contributed by atoms with Gasteiger partial charge in [0.1, 0.15) is 11.4 Å². The number of likely N-dealkylation sites (N-methyl/N-ethyl adjacent to an activating group) is 1. The minimum atomic E-state index is -4.85. The van der Waals surface area contributed by atoms with Gasteiger partial charge in [0.15, 0.2) is 11.4 Å². The Morgan fingerprint density at radius 3 is 2.45 bits per heavy atom. The number of piperazine rings is 1. The quantitative estimate of drug-likeness (QED) is 0.337. The largest absolute Gasteiger partial charge is 0.492 e. The first kappa shape index (κ1) is 33.9. The fourth-order valence-corrected chi connectivity index (χ4v) is 6.09. The monoisotopic (exact) mass is 655 g/mol. The van der Waals surface area contributed by atoms with Gasteiger partial charge in [0, 0.05) is 68.4 Å². The molecule has 0 aliphatic carbocycles. The lowest BCUT2D eigenvalue weighted by atomic mass is 10.0. The summed E-state index contributed by atoms with van der Waals surface area (Å²) >= 11 is 0. The van der Waals surface area contributed by atoms with E-state index >= 15 is 0 Å². The van der Waals surface area contributed by atoms with Crippen molar-refractivity contribution in [2.75, 3.05) is 57.9 Å². The third-order valence-electron chi connectivity index (χ3n) is 8.36. The van der Waals surface area contributed by atoms with Crippen LogP contribution in [0.4, 0.5) is 18.9 Å². The number of carbonyl (C=O) groups excluding carboxylic acids is 2. The van der Waals surface area contributed by atoms with Gasteiger partial charge >= 0.3 is 6.18 Å². The highest BCUT2D eigenvalue weighted by molar-refractivity contribution is 6.00. The summed E-state index contributed by atoms with van der Waals surface area (Å²) in [5, 5.41) is 3.14. The highest BCUT2D eigenvalue weighted by Crippen LogP contribution is 2.37. The number of pyridine rings is 3. The Kier molecular flexibility index (Phi) is 10.5. The van der Waals surface area contributed by atoms with Crippen LogP contribution in [0.25, 0.3) is 11.3 Å². The molecular formula is C33H40F3N7O4. The molecule has 2 saturated heterocycles. The molecule has 0 radical (unpaired) electrons. The molecule has 47 heavy (non-hydrogen) atoms. The number of nitrogens with zero attached hydrogens (tertiary/aromatic N) is 6.